The molecule has 0 spiro atoms. The maximum absolute atomic E-state index is 5.69. The molecule has 1 fully saturated rings. The van der Waals surface area contributed by atoms with Crippen LogP contribution in [0.5, 0.6) is 5.75 Å². The van der Waals surface area contributed by atoms with E-state index in [4.69, 9.17) is 10.5 Å². The smallest absolute Gasteiger partial charge is 0.122 e. The van der Waals surface area contributed by atoms with Gasteiger partial charge >= 0.3 is 0 Å². The molecule has 0 heterocycles. The number of rotatable bonds is 6. The summed E-state index contributed by atoms with van der Waals surface area (Å²) in [7, 11) is 1.74. The summed E-state index contributed by atoms with van der Waals surface area (Å²) in [5.41, 5.74) is 8.16. The third kappa shape index (κ3) is 3.66. The fourth-order valence-electron chi connectivity index (χ4n) is 2.58. The van der Waals surface area contributed by atoms with E-state index >= 15 is 0 Å². The zero-order chi connectivity index (χ0) is 12.8. The van der Waals surface area contributed by atoms with Gasteiger partial charge in [0.05, 0.1) is 7.11 Å². The summed E-state index contributed by atoms with van der Waals surface area (Å²) in [4.78, 5) is 0. The summed E-state index contributed by atoms with van der Waals surface area (Å²) in [6.07, 6.45) is 5.70. The lowest BCUT2D eigenvalue weighted by Gasteiger charge is -2.12. The van der Waals surface area contributed by atoms with Crippen LogP contribution in [0, 0.1) is 5.92 Å². The molecule has 1 saturated carbocycles. The van der Waals surface area contributed by atoms with Gasteiger partial charge in [0.1, 0.15) is 5.75 Å². The fourth-order valence-corrected chi connectivity index (χ4v) is 3.81. The summed E-state index contributed by atoms with van der Waals surface area (Å²) in [5.74, 6) is 4.26. The van der Waals surface area contributed by atoms with Gasteiger partial charge in [-0.15, -0.1) is 0 Å². The second-order valence-electron chi connectivity index (χ2n) is 5.02. The summed E-state index contributed by atoms with van der Waals surface area (Å²) >= 11 is 2.03. The molecule has 0 atom stereocenters. The Morgan fingerprint density at radius 2 is 2.11 bits per heavy atom. The Hall–Kier alpha value is -0.670. The van der Waals surface area contributed by atoms with Crippen LogP contribution >= 0.6 is 11.8 Å². The third-order valence-electron chi connectivity index (χ3n) is 3.67. The Morgan fingerprint density at radius 1 is 1.33 bits per heavy atom. The highest BCUT2D eigenvalue weighted by Crippen LogP contribution is 2.31. The molecule has 1 aliphatic rings. The predicted molar refractivity (Wildman–Crippen MR) is 79.0 cm³/mol. The Labute approximate surface area is 114 Å². The van der Waals surface area contributed by atoms with Crippen molar-refractivity contribution in [2.24, 2.45) is 11.7 Å². The predicted octanol–water partition coefficient (Wildman–Crippen LogP) is 3.58. The molecule has 0 unspecified atom stereocenters. The molecule has 1 aromatic rings. The van der Waals surface area contributed by atoms with Crippen LogP contribution in [0.2, 0.25) is 0 Å². The number of thioether (sulfide) groups is 1. The van der Waals surface area contributed by atoms with E-state index in [9.17, 15) is 0 Å². The van der Waals surface area contributed by atoms with Crippen LogP contribution in [0.1, 0.15) is 36.8 Å². The van der Waals surface area contributed by atoms with Crippen LogP contribution in [0.25, 0.3) is 0 Å². The zero-order valence-corrected chi connectivity index (χ0v) is 12.0. The summed E-state index contributed by atoms with van der Waals surface area (Å²) in [6.45, 7) is 0.601. The number of nitrogens with two attached hydrogens (primary N) is 1. The highest BCUT2D eigenvalue weighted by molar-refractivity contribution is 7.98. The number of benzene rings is 1. The Kier molecular flexibility index (Phi) is 5.39. The molecule has 3 heteroatoms. The van der Waals surface area contributed by atoms with Crippen molar-refractivity contribution in [3.05, 3.63) is 29.3 Å². The second kappa shape index (κ2) is 7.05. The first-order valence-electron chi connectivity index (χ1n) is 6.77. The standard InChI is InChI=1S/C15H23NOS/c1-17-15-7-6-13(9-16)8-14(15)11-18-10-12-4-2-3-5-12/h6-8,12H,2-5,9-11,16H2,1H3. The maximum Gasteiger partial charge on any atom is 0.122 e. The minimum atomic E-state index is 0.601. The number of hydrogen-bond acceptors (Lipinski definition) is 3. The van der Waals surface area contributed by atoms with Gasteiger partial charge in [0, 0.05) is 17.9 Å². The van der Waals surface area contributed by atoms with E-state index in [0.717, 1.165) is 17.4 Å². The molecular formula is C15H23NOS. The van der Waals surface area contributed by atoms with Crippen LogP contribution in [0.3, 0.4) is 0 Å². The van der Waals surface area contributed by atoms with E-state index in [0.29, 0.717) is 6.54 Å². The molecule has 1 aromatic carbocycles. The lowest BCUT2D eigenvalue weighted by molar-refractivity contribution is 0.411. The van der Waals surface area contributed by atoms with E-state index in [1.807, 2.05) is 23.9 Å². The van der Waals surface area contributed by atoms with Gasteiger partial charge < -0.3 is 10.5 Å². The monoisotopic (exact) mass is 265 g/mol. The SMILES string of the molecule is COc1ccc(CN)cc1CSCC1CCCC1. The van der Waals surface area contributed by atoms with Crippen molar-refractivity contribution in [2.45, 2.75) is 38.0 Å². The molecule has 0 radical (unpaired) electrons. The molecule has 0 aliphatic heterocycles. The number of ether oxygens (including phenoxy) is 1. The average molecular weight is 265 g/mol. The van der Waals surface area contributed by atoms with Crippen LogP contribution in [-0.4, -0.2) is 12.9 Å². The van der Waals surface area contributed by atoms with Gasteiger partial charge in [0.15, 0.2) is 0 Å². The maximum atomic E-state index is 5.69. The van der Waals surface area contributed by atoms with Crippen molar-refractivity contribution in [3.8, 4) is 5.75 Å². The van der Waals surface area contributed by atoms with Crippen molar-refractivity contribution in [1.82, 2.24) is 0 Å². The molecule has 0 saturated heterocycles. The third-order valence-corrected chi connectivity index (χ3v) is 4.89. The van der Waals surface area contributed by atoms with E-state index in [2.05, 4.69) is 6.07 Å². The minimum absolute atomic E-state index is 0.601. The summed E-state index contributed by atoms with van der Waals surface area (Å²) in [5, 5.41) is 0. The van der Waals surface area contributed by atoms with Gasteiger partial charge in [0.25, 0.3) is 0 Å². The lowest BCUT2D eigenvalue weighted by Crippen LogP contribution is -2.00. The molecule has 1 aliphatic carbocycles. The molecule has 18 heavy (non-hydrogen) atoms. The Bertz CT molecular complexity index is 375. The first-order valence-corrected chi connectivity index (χ1v) is 7.92. The van der Waals surface area contributed by atoms with Crippen molar-refractivity contribution >= 4 is 11.8 Å². The summed E-state index contributed by atoms with van der Waals surface area (Å²) in [6, 6.07) is 6.26. The normalized spacial score (nSPS) is 16.1. The molecular weight excluding hydrogens is 242 g/mol. The molecule has 2 N–H and O–H groups in total. The van der Waals surface area contributed by atoms with E-state index in [-0.39, 0.29) is 0 Å². The minimum Gasteiger partial charge on any atom is -0.496 e. The zero-order valence-electron chi connectivity index (χ0n) is 11.2. The largest absolute Gasteiger partial charge is 0.496 e. The van der Waals surface area contributed by atoms with Crippen molar-refractivity contribution in [3.63, 3.8) is 0 Å². The first kappa shape index (κ1) is 13.8. The van der Waals surface area contributed by atoms with Gasteiger partial charge in [-0.25, -0.2) is 0 Å². The molecule has 100 valence electrons. The highest BCUT2D eigenvalue weighted by Gasteiger charge is 2.15. The van der Waals surface area contributed by atoms with Gasteiger partial charge in [-0.3, -0.25) is 0 Å². The number of methoxy groups -OCH3 is 1. The molecule has 2 rings (SSSR count). The Morgan fingerprint density at radius 3 is 2.78 bits per heavy atom. The van der Waals surface area contributed by atoms with E-state index in [1.54, 1.807) is 7.11 Å². The fraction of sp³-hybridized carbons (Fsp3) is 0.600. The quantitative estimate of drug-likeness (QED) is 0.854. The molecule has 0 bridgehead atoms. The Balaban J connectivity index is 1.89. The van der Waals surface area contributed by atoms with E-state index < -0.39 is 0 Å². The topological polar surface area (TPSA) is 35.2 Å². The van der Waals surface area contributed by atoms with E-state index in [1.165, 1.54) is 42.6 Å². The molecule has 2 nitrogen and oxygen atoms in total. The average Bonchev–Trinajstić information content (AvgIpc) is 2.92. The van der Waals surface area contributed by atoms with Crippen LogP contribution < -0.4 is 10.5 Å². The van der Waals surface area contributed by atoms with Crippen LogP contribution in [0.4, 0.5) is 0 Å². The van der Waals surface area contributed by atoms with Crippen molar-refractivity contribution in [2.75, 3.05) is 12.9 Å². The second-order valence-corrected chi connectivity index (χ2v) is 6.05. The number of hydrogen-bond donors (Lipinski definition) is 1. The van der Waals surface area contributed by atoms with Gasteiger partial charge in [-0.2, -0.15) is 11.8 Å². The van der Waals surface area contributed by atoms with Gasteiger partial charge in [-0.05, 0) is 42.2 Å². The lowest BCUT2D eigenvalue weighted by atomic mass is 10.1. The van der Waals surface area contributed by atoms with Crippen LogP contribution in [0.15, 0.2) is 18.2 Å². The highest BCUT2D eigenvalue weighted by atomic mass is 32.2. The first-order chi connectivity index (χ1) is 8.83. The summed E-state index contributed by atoms with van der Waals surface area (Å²) < 4.78 is 5.41. The van der Waals surface area contributed by atoms with Crippen molar-refractivity contribution in [1.29, 1.82) is 0 Å². The van der Waals surface area contributed by atoms with Crippen LogP contribution in [-0.2, 0) is 12.3 Å². The van der Waals surface area contributed by atoms with Crippen molar-refractivity contribution < 1.29 is 4.74 Å². The molecule has 0 aromatic heterocycles. The van der Waals surface area contributed by atoms with Gasteiger partial charge in [-0.1, -0.05) is 18.9 Å². The van der Waals surface area contributed by atoms with Gasteiger partial charge in [0.2, 0.25) is 0 Å². The molecule has 0 amide bonds.